The van der Waals surface area contributed by atoms with Crippen LogP contribution in [0.3, 0.4) is 0 Å². The van der Waals surface area contributed by atoms with Crippen molar-refractivity contribution >= 4 is 17.6 Å². The summed E-state index contributed by atoms with van der Waals surface area (Å²) >= 11 is 0. The lowest BCUT2D eigenvalue weighted by atomic mass is 10.0. The summed E-state index contributed by atoms with van der Waals surface area (Å²) in [5.41, 5.74) is 1.47. The van der Waals surface area contributed by atoms with E-state index in [0.717, 1.165) is 5.56 Å². The Kier molecular flexibility index (Phi) is 5.08. The largest absolute Gasteiger partial charge is 0.497 e. The monoisotopic (exact) mass is 391 g/mol. The molecule has 2 aromatic rings. The van der Waals surface area contributed by atoms with Crippen molar-refractivity contribution in [3.63, 3.8) is 0 Å². The van der Waals surface area contributed by atoms with Gasteiger partial charge in [0.05, 0.1) is 7.11 Å². The zero-order valence-corrected chi connectivity index (χ0v) is 14.9. The maximum atomic E-state index is 13.1. The quantitative estimate of drug-likeness (QED) is 0.875. The number of carbonyl (C=O) groups is 2. The van der Waals surface area contributed by atoms with Gasteiger partial charge in [0.15, 0.2) is 11.9 Å². The normalized spacial score (nSPS) is 17.0. The summed E-state index contributed by atoms with van der Waals surface area (Å²) in [6, 6.07) is 10.9. The van der Waals surface area contributed by atoms with Gasteiger partial charge in [-0.25, -0.2) is 5.01 Å². The van der Waals surface area contributed by atoms with Gasteiger partial charge in [0.1, 0.15) is 5.75 Å². The summed E-state index contributed by atoms with van der Waals surface area (Å²) in [4.78, 5) is 24.6. The van der Waals surface area contributed by atoms with Crippen LogP contribution in [0.4, 0.5) is 13.2 Å². The second-order valence-electron chi connectivity index (χ2n) is 6.13. The Hall–Kier alpha value is -3.36. The van der Waals surface area contributed by atoms with E-state index in [9.17, 15) is 22.8 Å². The van der Waals surface area contributed by atoms with Gasteiger partial charge in [-0.05, 0) is 24.6 Å². The van der Waals surface area contributed by atoms with Crippen molar-refractivity contribution in [1.82, 2.24) is 10.3 Å². The second-order valence-corrected chi connectivity index (χ2v) is 6.13. The third-order valence-electron chi connectivity index (χ3n) is 4.15. The standard InChI is InChI=1S/C19H16F3N3O3/c1-11-3-5-13(6-4-11)16-23-17(26)15(12-7-9-14(28-2)10-8-12)25(24-16)18(27)19(20,21)22/h3-10,15H,1-2H3,(H,23,24,26). The predicted molar refractivity (Wildman–Crippen MR) is 94.5 cm³/mol. The zero-order chi connectivity index (χ0) is 20.5. The average Bonchev–Trinajstić information content (AvgIpc) is 2.67. The van der Waals surface area contributed by atoms with Crippen LogP contribution in [-0.2, 0) is 9.59 Å². The van der Waals surface area contributed by atoms with Crippen molar-refractivity contribution < 1.29 is 27.5 Å². The SMILES string of the molecule is COc1ccc(C2C(=O)NC(c3ccc(C)cc3)=NN2C(=O)C(F)(F)F)cc1. The van der Waals surface area contributed by atoms with Gasteiger partial charge in [-0.3, -0.25) is 9.59 Å². The third kappa shape index (κ3) is 3.83. The maximum absolute atomic E-state index is 13.1. The molecule has 0 saturated carbocycles. The molecule has 1 unspecified atom stereocenters. The van der Waals surface area contributed by atoms with Crippen LogP contribution in [-0.4, -0.2) is 35.9 Å². The molecule has 1 aliphatic rings. The number of carbonyl (C=O) groups excluding carboxylic acids is 2. The minimum absolute atomic E-state index is 0.132. The van der Waals surface area contributed by atoms with E-state index < -0.39 is 24.0 Å². The molecule has 146 valence electrons. The van der Waals surface area contributed by atoms with Crippen LogP contribution in [0.2, 0.25) is 0 Å². The van der Waals surface area contributed by atoms with Gasteiger partial charge in [0, 0.05) is 5.56 Å². The smallest absolute Gasteiger partial charge is 0.473 e. The van der Waals surface area contributed by atoms with E-state index >= 15 is 0 Å². The average molecular weight is 391 g/mol. The molecule has 1 aliphatic heterocycles. The number of amidine groups is 1. The molecule has 0 saturated heterocycles. The number of aryl methyl sites for hydroxylation is 1. The Balaban J connectivity index is 2.07. The van der Waals surface area contributed by atoms with Gasteiger partial charge in [-0.15, -0.1) is 0 Å². The summed E-state index contributed by atoms with van der Waals surface area (Å²) in [6.45, 7) is 1.84. The van der Waals surface area contributed by atoms with E-state index in [2.05, 4.69) is 10.4 Å². The summed E-state index contributed by atoms with van der Waals surface area (Å²) in [5.74, 6) is -2.70. The van der Waals surface area contributed by atoms with Crippen LogP contribution < -0.4 is 10.1 Å². The van der Waals surface area contributed by atoms with Crippen LogP contribution in [0.5, 0.6) is 5.75 Å². The van der Waals surface area contributed by atoms with Crippen LogP contribution in [0.1, 0.15) is 22.7 Å². The highest BCUT2D eigenvalue weighted by atomic mass is 19.4. The number of alkyl halides is 3. The molecule has 3 rings (SSSR count). The summed E-state index contributed by atoms with van der Waals surface area (Å²) in [5, 5.41) is 6.48. The molecular formula is C19H16F3N3O3. The van der Waals surface area contributed by atoms with Crippen molar-refractivity contribution in [1.29, 1.82) is 0 Å². The highest BCUT2D eigenvalue weighted by molar-refractivity contribution is 6.12. The lowest BCUT2D eigenvalue weighted by molar-refractivity contribution is -0.189. The Morgan fingerprint density at radius 1 is 1.11 bits per heavy atom. The number of nitrogens with zero attached hydrogens (tertiary/aromatic N) is 2. The number of ether oxygens (including phenoxy) is 1. The molecule has 0 radical (unpaired) electrons. The van der Waals surface area contributed by atoms with Crippen LogP contribution in [0, 0.1) is 6.92 Å². The molecule has 0 aliphatic carbocycles. The van der Waals surface area contributed by atoms with Crippen LogP contribution in [0.15, 0.2) is 53.6 Å². The van der Waals surface area contributed by atoms with Crippen LogP contribution in [0.25, 0.3) is 0 Å². The number of amides is 2. The van der Waals surface area contributed by atoms with E-state index in [1.54, 1.807) is 24.3 Å². The fourth-order valence-corrected chi connectivity index (χ4v) is 2.70. The van der Waals surface area contributed by atoms with Crippen LogP contribution >= 0.6 is 0 Å². The molecule has 0 fully saturated rings. The summed E-state index contributed by atoms with van der Waals surface area (Å²) in [7, 11) is 1.43. The fourth-order valence-electron chi connectivity index (χ4n) is 2.70. The Bertz CT molecular complexity index is 922. The third-order valence-corrected chi connectivity index (χ3v) is 4.15. The number of nitrogens with one attached hydrogen (secondary N) is 1. The predicted octanol–water partition coefficient (Wildman–Crippen LogP) is 2.93. The molecular weight excluding hydrogens is 375 g/mol. The van der Waals surface area contributed by atoms with Gasteiger partial charge >= 0.3 is 12.1 Å². The van der Waals surface area contributed by atoms with Gasteiger partial charge < -0.3 is 10.1 Å². The first-order chi connectivity index (χ1) is 13.2. The molecule has 9 heteroatoms. The number of hydrazone groups is 1. The van der Waals surface area contributed by atoms with E-state index in [4.69, 9.17) is 4.74 Å². The second kappa shape index (κ2) is 7.34. The molecule has 1 heterocycles. The van der Waals surface area contributed by atoms with Gasteiger partial charge in [0.2, 0.25) is 0 Å². The molecule has 6 nitrogen and oxygen atoms in total. The molecule has 2 amide bonds. The highest BCUT2D eigenvalue weighted by Gasteiger charge is 2.48. The molecule has 28 heavy (non-hydrogen) atoms. The first-order valence-electron chi connectivity index (χ1n) is 8.21. The van der Waals surface area contributed by atoms with E-state index in [-0.39, 0.29) is 16.4 Å². The topological polar surface area (TPSA) is 71.0 Å². The summed E-state index contributed by atoms with van der Waals surface area (Å²) < 4.78 is 44.4. The molecule has 0 bridgehead atoms. The first kappa shape index (κ1) is 19.4. The molecule has 0 spiro atoms. The van der Waals surface area contributed by atoms with E-state index in [1.165, 1.54) is 31.4 Å². The number of hydrogen-bond donors (Lipinski definition) is 1. The molecule has 2 aromatic carbocycles. The minimum atomic E-state index is -5.19. The van der Waals surface area contributed by atoms with E-state index in [1.807, 2.05) is 6.92 Å². The molecule has 0 aromatic heterocycles. The lowest BCUT2D eigenvalue weighted by Crippen LogP contribution is -2.52. The van der Waals surface area contributed by atoms with Gasteiger partial charge in [-0.1, -0.05) is 42.0 Å². The van der Waals surface area contributed by atoms with E-state index in [0.29, 0.717) is 11.3 Å². The zero-order valence-electron chi connectivity index (χ0n) is 14.9. The number of halogens is 3. The Morgan fingerprint density at radius 2 is 1.71 bits per heavy atom. The minimum Gasteiger partial charge on any atom is -0.497 e. The van der Waals surface area contributed by atoms with Crippen molar-refractivity contribution in [3.8, 4) is 5.75 Å². The first-order valence-corrected chi connectivity index (χ1v) is 8.21. The lowest BCUT2D eigenvalue weighted by Gasteiger charge is -2.32. The number of hydrogen-bond acceptors (Lipinski definition) is 4. The van der Waals surface area contributed by atoms with Gasteiger partial charge in [0.25, 0.3) is 5.91 Å². The van der Waals surface area contributed by atoms with Gasteiger partial charge in [-0.2, -0.15) is 18.3 Å². The van der Waals surface area contributed by atoms with Crippen molar-refractivity contribution in [2.45, 2.75) is 19.1 Å². The Labute approximate surface area is 158 Å². The molecule has 1 atom stereocenters. The highest BCUT2D eigenvalue weighted by Crippen LogP contribution is 2.31. The van der Waals surface area contributed by atoms with Crippen molar-refractivity contribution in [2.75, 3.05) is 7.11 Å². The molecule has 1 N–H and O–H groups in total. The van der Waals surface area contributed by atoms with Crippen molar-refractivity contribution in [2.24, 2.45) is 5.10 Å². The Morgan fingerprint density at radius 3 is 2.25 bits per heavy atom. The maximum Gasteiger partial charge on any atom is 0.473 e. The van der Waals surface area contributed by atoms with Crippen molar-refractivity contribution in [3.05, 3.63) is 65.2 Å². The fraction of sp³-hybridized carbons (Fsp3) is 0.211. The number of methoxy groups -OCH3 is 1. The number of benzene rings is 2. The number of rotatable bonds is 3. The summed E-state index contributed by atoms with van der Waals surface area (Å²) in [6.07, 6.45) is -5.19.